The molecular weight excluding hydrogens is 280 g/mol. The molecule has 22 heavy (non-hydrogen) atoms. The Bertz CT molecular complexity index is 839. The van der Waals surface area contributed by atoms with Gasteiger partial charge in [-0.2, -0.15) is 0 Å². The molecule has 6 heteroatoms. The minimum absolute atomic E-state index is 0.508. The fraction of sp³-hybridized carbons (Fsp3) is 0.438. The van der Waals surface area contributed by atoms with Gasteiger partial charge in [-0.3, -0.25) is 4.40 Å². The highest BCUT2D eigenvalue weighted by Crippen LogP contribution is 2.32. The molecule has 0 bridgehead atoms. The maximum Gasteiger partial charge on any atom is 0.182 e. The molecule has 0 saturated heterocycles. The second-order valence-corrected chi connectivity index (χ2v) is 5.77. The summed E-state index contributed by atoms with van der Waals surface area (Å²) in [6.45, 7) is 6.31. The van der Waals surface area contributed by atoms with Crippen molar-refractivity contribution in [3.05, 3.63) is 23.7 Å². The fourth-order valence-electron chi connectivity index (χ4n) is 2.67. The lowest BCUT2D eigenvalue weighted by Gasteiger charge is -2.11. The summed E-state index contributed by atoms with van der Waals surface area (Å²) >= 11 is 0. The Hall–Kier alpha value is -2.37. The number of aryl methyl sites for hydroxylation is 1. The van der Waals surface area contributed by atoms with E-state index in [1.807, 2.05) is 19.1 Å². The van der Waals surface area contributed by atoms with E-state index in [1.165, 1.54) is 0 Å². The van der Waals surface area contributed by atoms with E-state index in [0.29, 0.717) is 17.4 Å². The van der Waals surface area contributed by atoms with Gasteiger partial charge in [-0.1, -0.05) is 13.8 Å². The largest absolute Gasteiger partial charge is 0.493 e. The Morgan fingerprint density at radius 2 is 1.77 bits per heavy atom. The highest BCUT2D eigenvalue weighted by atomic mass is 16.5. The van der Waals surface area contributed by atoms with Gasteiger partial charge >= 0.3 is 0 Å². The highest BCUT2D eigenvalue weighted by Gasteiger charge is 2.16. The van der Waals surface area contributed by atoms with Crippen molar-refractivity contribution in [3.63, 3.8) is 0 Å². The number of nitrogens with zero attached hydrogens (tertiary/aromatic N) is 4. The first-order valence-corrected chi connectivity index (χ1v) is 7.31. The summed E-state index contributed by atoms with van der Waals surface area (Å²) in [5.74, 6) is 2.82. The molecule has 0 fully saturated rings. The summed E-state index contributed by atoms with van der Waals surface area (Å²) in [6.07, 6.45) is 0.879. The van der Waals surface area contributed by atoms with E-state index in [9.17, 15) is 0 Å². The topological polar surface area (TPSA) is 61.5 Å². The van der Waals surface area contributed by atoms with Gasteiger partial charge in [-0.25, -0.2) is 4.98 Å². The van der Waals surface area contributed by atoms with E-state index < -0.39 is 0 Å². The van der Waals surface area contributed by atoms with E-state index >= 15 is 0 Å². The summed E-state index contributed by atoms with van der Waals surface area (Å²) in [5, 5.41) is 8.62. The van der Waals surface area contributed by atoms with E-state index in [2.05, 4.69) is 33.4 Å². The molecule has 2 aromatic heterocycles. The van der Waals surface area contributed by atoms with Crippen LogP contribution in [-0.2, 0) is 6.42 Å². The molecule has 0 aliphatic carbocycles. The van der Waals surface area contributed by atoms with Crippen LogP contribution in [0.1, 0.15) is 25.4 Å². The number of fused-ring (bicyclic) bond motifs is 3. The molecule has 0 unspecified atom stereocenters. The molecular formula is C16H20N4O2. The van der Waals surface area contributed by atoms with Crippen molar-refractivity contribution >= 4 is 16.7 Å². The second kappa shape index (κ2) is 5.44. The van der Waals surface area contributed by atoms with E-state index in [4.69, 9.17) is 9.47 Å². The van der Waals surface area contributed by atoms with Gasteiger partial charge < -0.3 is 9.47 Å². The van der Waals surface area contributed by atoms with Gasteiger partial charge in [-0.15, -0.1) is 10.2 Å². The average molecular weight is 300 g/mol. The van der Waals surface area contributed by atoms with Crippen LogP contribution in [0.4, 0.5) is 0 Å². The van der Waals surface area contributed by atoms with Crippen LogP contribution in [0, 0.1) is 12.8 Å². The molecule has 116 valence electrons. The minimum atomic E-state index is 0.508. The first-order valence-electron chi connectivity index (χ1n) is 7.31. The number of benzene rings is 1. The Morgan fingerprint density at radius 3 is 2.41 bits per heavy atom. The van der Waals surface area contributed by atoms with Gasteiger partial charge in [0.15, 0.2) is 17.1 Å². The van der Waals surface area contributed by atoms with Crippen LogP contribution < -0.4 is 9.47 Å². The molecule has 0 amide bonds. The Morgan fingerprint density at radius 1 is 1.09 bits per heavy atom. The molecule has 6 nitrogen and oxygen atoms in total. The molecule has 3 aromatic rings. The number of methoxy groups -OCH3 is 2. The molecule has 3 rings (SSSR count). The predicted octanol–water partition coefficient (Wildman–Crippen LogP) is 2.80. The van der Waals surface area contributed by atoms with Crippen molar-refractivity contribution in [2.75, 3.05) is 14.2 Å². The molecule has 0 aliphatic rings. The molecule has 0 atom stereocenters. The van der Waals surface area contributed by atoms with Crippen molar-refractivity contribution in [2.45, 2.75) is 27.2 Å². The summed E-state index contributed by atoms with van der Waals surface area (Å²) in [6, 6.07) is 3.77. The number of hydrogen-bond acceptors (Lipinski definition) is 5. The third-order valence-corrected chi connectivity index (χ3v) is 3.66. The Balaban J connectivity index is 2.37. The van der Waals surface area contributed by atoms with Gasteiger partial charge in [0.2, 0.25) is 0 Å². The lowest BCUT2D eigenvalue weighted by molar-refractivity contribution is 0.355. The highest BCUT2D eigenvalue weighted by molar-refractivity contribution is 5.81. The van der Waals surface area contributed by atoms with Crippen molar-refractivity contribution in [1.82, 2.24) is 19.6 Å². The molecule has 0 aliphatic heterocycles. The average Bonchev–Trinajstić information content (AvgIpc) is 2.81. The molecule has 2 heterocycles. The molecule has 0 spiro atoms. The number of ether oxygens (including phenoxy) is 2. The van der Waals surface area contributed by atoms with Gasteiger partial charge in [0.1, 0.15) is 11.3 Å². The van der Waals surface area contributed by atoms with Crippen LogP contribution in [-0.4, -0.2) is 33.8 Å². The summed E-state index contributed by atoms with van der Waals surface area (Å²) in [7, 11) is 3.24. The summed E-state index contributed by atoms with van der Waals surface area (Å²) in [4.78, 5) is 4.67. The molecule has 0 radical (unpaired) electrons. The standard InChI is InChI=1S/C16H20N4O2/c1-9(2)6-15-17-10(3)16-19-18-11-7-13(21-4)14(22-5)8-12(11)20(15)16/h7-9H,6H2,1-5H3. The first kappa shape index (κ1) is 14.6. The van der Waals surface area contributed by atoms with E-state index in [0.717, 1.165) is 34.6 Å². The number of aromatic nitrogens is 4. The van der Waals surface area contributed by atoms with Crippen molar-refractivity contribution in [3.8, 4) is 11.5 Å². The van der Waals surface area contributed by atoms with Crippen LogP contribution in [0.2, 0.25) is 0 Å². The zero-order chi connectivity index (χ0) is 15.9. The Labute approximate surface area is 129 Å². The quantitative estimate of drug-likeness (QED) is 0.741. The van der Waals surface area contributed by atoms with E-state index in [-0.39, 0.29) is 0 Å². The molecule has 0 N–H and O–H groups in total. The number of rotatable bonds is 4. The summed E-state index contributed by atoms with van der Waals surface area (Å²) < 4.78 is 12.8. The SMILES string of the molecule is COc1cc2nnc3c(C)nc(CC(C)C)n3c2cc1OC. The van der Waals surface area contributed by atoms with Crippen molar-refractivity contribution in [1.29, 1.82) is 0 Å². The summed E-state index contributed by atoms with van der Waals surface area (Å²) in [5.41, 5.74) is 3.36. The zero-order valence-corrected chi connectivity index (χ0v) is 13.5. The van der Waals surface area contributed by atoms with Crippen molar-refractivity contribution in [2.24, 2.45) is 5.92 Å². The van der Waals surface area contributed by atoms with Crippen LogP contribution in [0.5, 0.6) is 11.5 Å². The second-order valence-electron chi connectivity index (χ2n) is 5.77. The van der Waals surface area contributed by atoms with Gasteiger partial charge in [-0.05, 0) is 12.8 Å². The van der Waals surface area contributed by atoms with E-state index in [1.54, 1.807) is 14.2 Å². The number of hydrogen-bond donors (Lipinski definition) is 0. The number of imidazole rings is 1. The third-order valence-electron chi connectivity index (χ3n) is 3.66. The lowest BCUT2D eigenvalue weighted by atomic mass is 10.1. The fourth-order valence-corrected chi connectivity index (χ4v) is 2.67. The van der Waals surface area contributed by atoms with Gasteiger partial charge in [0, 0.05) is 18.6 Å². The Kier molecular flexibility index (Phi) is 3.60. The minimum Gasteiger partial charge on any atom is -0.493 e. The maximum absolute atomic E-state index is 5.41. The van der Waals surface area contributed by atoms with Crippen molar-refractivity contribution < 1.29 is 9.47 Å². The maximum atomic E-state index is 5.41. The monoisotopic (exact) mass is 300 g/mol. The van der Waals surface area contributed by atoms with Crippen LogP contribution in [0.25, 0.3) is 16.7 Å². The molecule has 1 aromatic carbocycles. The lowest BCUT2D eigenvalue weighted by Crippen LogP contribution is -2.04. The van der Waals surface area contributed by atoms with Crippen LogP contribution >= 0.6 is 0 Å². The van der Waals surface area contributed by atoms with Crippen LogP contribution in [0.15, 0.2) is 12.1 Å². The van der Waals surface area contributed by atoms with Gasteiger partial charge in [0.05, 0.1) is 25.4 Å². The van der Waals surface area contributed by atoms with Gasteiger partial charge in [0.25, 0.3) is 0 Å². The predicted molar refractivity (Wildman–Crippen MR) is 84.7 cm³/mol. The van der Waals surface area contributed by atoms with Crippen LogP contribution in [0.3, 0.4) is 0 Å². The zero-order valence-electron chi connectivity index (χ0n) is 13.5. The first-order chi connectivity index (χ1) is 10.5. The normalized spacial score (nSPS) is 11.5. The molecule has 0 saturated carbocycles. The third kappa shape index (κ3) is 2.24. The smallest absolute Gasteiger partial charge is 0.182 e.